The SMILES string of the molecule is CC[C@@H](C(=O)NC(C)(C)C)N(Cc1ccc(Cl)c(Cl)c1)C(=O)CN(c1cccc(C(C)=O)c1)S(C)(=O)=O. The third-order valence-electron chi connectivity index (χ3n) is 5.44. The van der Waals surface area contributed by atoms with Crippen LogP contribution in [0.5, 0.6) is 0 Å². The highest BCUT2D eigenvalue weighted by Crippen LogP contribution is 2.25. The van der Waals surface area contributed by atoms with Crippen molar-refractivity contribution in [2.45, 2.75) is 59.2 Å². The van der Waals surface area contributed by atoms with Crippen molar-refractivity contribution in [3.8, 4) is 0 Å². The second kappa shape index (κ2) is 12.3. The monoisotopic (exact) mass is 569 g/mol. The Morgan fingerprint density at radius 1 is 1.03 bits per heavy atom. The number of halogens is 2. The lowest BCUT2D eigenvalue weighted by atomic mass is 10.1. The van der Waals surface area contributed by atoms with Crippen LogP contribution in [0.4, 0.5) is 5.69 Å². The molecule has 2 aromatic carbocycles. The van der Waals surface area contributed by atoms with Crippen LogP contribution >= 0.6 is 23.2 Å². The third kappa shape index (κ3) is 8.72. The van der Waals surface area contributed by atoms with Gasteiger partial charge in [-0.15, -0.1) is 0 Å². The Labute approximate surface area is 229 Å². The lowest BCUT2D eigenvalue weighted by Gasteiger charge is -2.34. The van der Waals surface area contributed by atoms with E-state index in [0.717, 1.165) is 10.6 Å². The maximum Gasteiger partial charge on any atom is 0.244 e. The number of Topliss-reactive ketones (excluding diaryl/α,β-unsaturated/α-hetero) is 1. The van der Waals surface area contributed by atoms with E-state index in [0.29, 0.717) is 16.1 Å². The molecule has 1 atom stereocenters. The topological polar surface area (TPSA) is 104 Å². The summed E-state index contributed by atoms with van der Waals surface area (Å²) in [6.07, 6.45) is 1.27. The number of nitrogens with one attached hydrogen (secondary N) is 1. The number of rotatable bonds is 10. The van der Waals surface area contributed by atoms with Crippen LogP contribution in [0.15, 0.2) is 42.5 Å². The molecule has 2 rings (SSSR count). The van der Waals surface area contributed by atoms with Crippen molar-refractivity contribution in [2.24, 2.45) is 0 Å². The molecule has 8 nitrogen and oxygen atoms in total. The van der Waals surface area contributed by atoms with Crippen LogP contribution in [-0.2, 0) is 26.2 Å². The average molecular weight is 571 g/mol. The number of nitrogens with zero attached hydrogens (tertiary/aromatic N) is 2. The summed E-state index contributed by atoms with van der Waals surface area (Å²) < 4.78 is 26.4. The quantitative estimate of drug-likeness (QED) is 0.418. The van der Waals surface area contributed by atoms with E-state index in [9.17, 15) is 22.8 Å². The number of carbonyl (C=O) groups is 3. The summed E-state index contributed by atoms with van der Waals surface area (Å²) in [6, 6.07) is 10.0. The fraction of sp³-hybridized carbons (Fsp3) is 0.423. The van der Waals surface area contributed by atoms with Crippen molar-refractivity contribution < 1.29 is 22.8 Å². The van der Waals surface area contributed by atoms with Gasteiger partial charge in [0.25, 0.3) is 0 Å². The minimum Gasteiger partial charge on any atom is -0.350 e. The molecule has 0 unspecified atom stereocenters. The summed E-state index contributed by atoms with van der Waals surface area (Å²) in [5.74, 6) is -1.21. The molecule has 0 fully saturated rings. The van der Waals surface area contributed by atoms with Crippen LogP contribution in [0, 0.1) is 0 Å². The number of anilines is 1. The molecule has 0 aliphatic heterocycles. The van der Waals surface area contributed by atoms with Gasteiger partial charge >= 0.3 is 0 Å². The minimum absolute atomic E-state index is 0.00310. The van der Waals surface area contributed by atoms with Gasteiger partial charge in [0.2, 0.25) is 21.8 Å². The van der Waals surface area contributed by atoms with E-state index in [1.165, 1.54) is 24.0 Å². The van der Waals surface area contributed by atoms with E-state index in [2.05, 4.69) is 5.32 Å². The lowest BCUT2D eigenvalue weighted by molar-refractivity contribution is -0.141. The van der Waals surface area contributed by atoms with Gasteiger partial charge in [-0.1, -0.05) is 48.3 Å². The molecular weight excluding hydrogens is 537 g/mol. The van der Waals surface area contributed by atoms with Crippen molar-refractivity contribution in [1.82, 2.24) is 10.2 Å². The molecule has 0 radical (unpaired) electrons. The zero-order valence-corrected chi connectivity index (χ0v) is 24.2. The van der Waals surface area contributed by atoms with Crippen molar-refractivity contribution >= 4 is 56.5 Å². The zero-order chi connectivity index (χ0) is 28.1. The highest BCUT2D eigenvalue weighted by Gasteiger charge is 2.33. The largest absolute Gasteiger partial charge is 0.350 e. The van der Waals surface area contributed by atoms with E-state index in [4.69, 9.17) is 23.2 Å². The molecule has 0 aliphatic carbocycles. The van der Waals surface area contributed by atoms with Crippen molar-refractivity contribution in [2.75, 3.05) is 17.1 Å². The van der Waals surface area contributed by atoms with Gasteiger partial charge in [-0.05, 0) is 63.9 Å². The fourth-order valence-corrected chi connectivity index (χ4v) is 4.86. The Hall–Kier alpha value is -2.62. The standard InChI is InChI=1S/C26H33Cl2N3O5S/c1-7-23(25(34)29-26(3,4)5)30(15-18-11-12-21(27)22(28)13-18)24(33)16-31(37(6,35)36)20-10-8-9-19(14-20)17(2)32/h8-14,23H,7,15-16H2,1-6H3,(H,29,34)/t23-/m0/s1. The molecular formula is C26H33Cl2N3O5S. The number of hydrogen-bond acceptors (Lipinski definition) is 5. The molecule has 202 valence electrons. The number of ketones is 1. The Morgan fingerprint density at radius 3 is 2.19 bits per heavy atom. The Bertz CT molecular complexity index is 1280. The first-order valence-corrected chi connectivity index (χ1v) is 14.3. The van der Waals surface area contributed by atoms with Gasteiger partial charge in [-0.25, -0.2) is 8.42 Å². The van der Waals surface area contributed by atoms with E-state index in [1.54, 1.807) is 37.3 Å². The first-order chi connectivity index (χ1) is 17.0. The van der Waals surface area contributed by atoms with E-state index >= 15 is 0 Å². The number of carbonyl (C=O) groups excluding carboxylic acids is 3. The maximum absolute atomic E-state index is 13.7. The Kier molecular flexibility index (Phi) is 10.2. The second-order valence-electron chi connectivity index (χ2n) is 9.81. The van der Waals surface area contributed by atoms with Crippen LogP contribution < -0.4 is 9.62 Å². The van der Waals surface area contributed by atoms with Gasteiger partial charge in [-0.2, -0.15) is 0 Å². The highest BCUT2D eigenvalue weighted by molar-refractivity contribution is 7.92. The highest BCUT2D eigenvalue weighted by atomic mass is 35.5. The van der Waals surface area contributed by atoms with E-state index in [1.807, 2.05) is 20.8 Å². The normalized spacial score (nSPS) is 12.5. The number of sulfonamides is 1. The third-order valence-corrected chi connectivity index (χ3v) is 7.32. The van der Waals surface area contributed by atoms with Gasteiger partial charge in [0.15, 0.2) is 5.78 Å². The van der Waals surface area contributed by atoms with Crippen molar-refractivity contribution in [1.29, 1.82) is 0 Å². The van der Waals surface area contributed by atoms with Crippen LogP contribution in [0.1, 0.15) is 57.0 Å². The molecule has 37 heavy (non-hydrogen) atoms. The predicted molar refractivity (Wildman–Crippen MR) is 148 cm³/mol. The van der Waals surface area contributed by atoms with Crippen molar-refractivity contribution in [3.63, 3.8) is 0 Å². The Morgan fingerprint density at radius 2 is 1.68 bits per heavy atom. The number of hydrogen-bond donors (Lipinski definition) is 1. The molecule has 0 saturated carbocycles. The van der Waals surface area contributed by atoms with Gasteiger partial charge in [-0.3, -0.25) is 18.7 Å². The molecule has 0 heterocycles. The van der Waals surface area contributed by atoms with Gasteiger partial charge in [0.05, 0.1) is 22.0 Å². The van der Waals surface area contributed by atoms with Gasteiger partial charge in [0.1, 0.15) is 12.6 Å². The first-order valence-electron chi connectivity index (χ1n) is 11.7. The molecule has 2 aromatic rings. The Balaban J connectivity index is 2.52. The zero-order valence-electron chi connectivity index (χ0n) is 21.8. The summed E-state index contributed by atoms with van der Waals surface area (Å²) in [5, 5.41) is 3.53. The molecule has 11 heteroatoms. The minimum atomic E-state index is -3.92. The summed E-state index contributed by atoms with van der Waals surface area (Å²) in [7, 11) is -3.92. The van der Waals surface area contributed by atoms with Gasteiger partial charge in [0, 0.05) is 17.6 Å². The molecule has 0 aliphatic rings. The molecule has 0 aromatic heterocycles. The molecule has 0 saturated heterocycles. The first kappa shape index (κ1) is 30.6. The maximum atomic E-state index is 13.7. The van der Waals surface area contributed by atoms with Gasteiger partial charge < -0.3 is 10.2 Å². The van der Waals surface area contributed by atoms with Crippen LogP contribution in [0.25, 0.3) is 0 Å². The van der Waals surface area contributed by atoms with Crippen LogP contribution in [0.2, 0.25) is 10.0 Å². The summed E-state index contributed by atoms with van der Waals surface area (Å²) in [6.45, 7) is 8.06. The fourth-order valence-electron chi connectivity index (χ4n) is 3.70. The number of benzene rings is 2. The molecule has 2 amide bonds. The average Bonchev–Trinajstić information content (AvgIpc) is 2.77. The predicted octanol–water partition coefficient (Wildman–Crippen LogP) is 4.68. The molecule has 1 N–H and O–H groups in total. The van der Waals surface area contributed by atoms with Crippen molar-refractivity contribution in [3.05, 3.63) is 63.6 Å². The van der Waals surface area contributed by atoms with Crippen LogP contribution in [0.3, 0.4) is 0 Å². The van der Waals surface area contributed by atoms with Crippen LogP contribution in [-0.4, -0.2) is 55.3 Å². The van der Waals surface area contributed by atoms with E-state index < -0.39 is 34.1 Å². The summed E-state index contributed by atoms with van der Waals surface area (Å²) in [5.41, 5.74) is 0.552. The summed E-state index contributed by atoms with van der Waals surface area (Å²) >= 11 is 12.2. The molecule has 0 spiro atoms. The smallest absolute Gasteiger partial charge is 0.244 e. The number of amides is 2. The lowest BCUT2D eigenvalue weighted by Crippen LogP contribution is -2.55. The second-order valence-corrected chi connectivity index (χ2v) is 12.5. The molecule has 0 bridgehead atoms. The summed E-state index contributed by atoms with van der Waals surface area (Å²) in [4.78, 5) is 40.1. The van der Waals surface area contributed by atoms with E-state index in [-0.39, 0.29) is 35.4 Å².